The first-order chi connectivity index (χ1) is 15.5. The van der Waals surface area contributed by atoms with E-state index in [4.69, 9.17) is 0 Å². The number of Topliss-reactive ketones (excluding diaryl/α,β-unsaturated/α-hetero) is 1. The molecule has 3 heterocycles. The van der Waals surface area contributed by atoms with Gasteiger partial charge in [0.2, 0.25) is 5.91 Å². The lowest BCUT2D eigenvalue weighted by molar-refractivity contribution is -0.137. The zero-order valence-electron chi connectivity index (χ0n) is 18.5. The number of benzene rings is 1. The lowest BCUT2D eigenvalue weighted by Crippen LogP contribution is -2.54. The van der Waals surface area contributed by atoms with Crippen LogP contribution >= 0.6 is 11.3 Å². The van der Waals surface area contributed by atoms with Crippen molar-refractivity contribution >= 4 is 34.7 Å². The minimum Gasteiger partial charge on any atom is -0.368 e. The first-order valence-electron chi connectivity index (χ1n) is 11.2. The van der Waals surface area contributed by atoms with Gasteiger partial charge in [-0.3, -0.25) is 9.59 Å². The first kappa shape index (κ1) is 22.3. The number of anilines is 1. The number of carbonyl (C=O) groups excluding carboxylic acids is 3. The molecule has 1 unspecified atom stereocenters. The lowest BCUT2D eigenvalue weighted by atomic mass is 9.96. The number of amides is 3. The van der Waals surface area contributed by atoms with Crippen LogP contribution < -0.4 is 10.2 Å². The van der Waals surface area contributed by atoms with Crippen molar-refractivity contribution < 1.29 is 14.4 Å². The molecule has 0 aliphatic carbocycles. The minimum absolute atomic E-state index is 0.0636. The van der Waals surface area contributed by atoms with Gasteiger partial charge in [0.15, 0.2) is 5.78 Å². The Morgan fingerprint density at radius 3 is 2.41 bits per heavy atom. The monoisotopic (exact) mass is 454 g/mol. The highest BCUT2D eigenvalue weighted by Crippen LogP contribution is 2.22. The van der Waals surface area contributed by atoms with Crippen molar-refractivity contribution in [1.29, 1.82) is 0 Å². The SMILES string of the molecule is CC(=O)c1ccc(N2CCN(C(=O)C3CCCN(C(=O)NCc4cccs4)C3)CC2)cc1. The third kappa shape index (κ3) is 5.30. The Hall–Kier alpha value is -2.87. The average molecular weight is 455 g/mol. The van der Waals surface area contributed by atoms with E-state index in [0.717, 1.165) is 36.5 Å². The summed E-state index contributed by atoms with van der Waals surface area (Å²) in [6, 6.07) is 11.6. The van der Waals surface area contributed by atoms with E-state index >= 15 is 0 Å². The molecule has 1 aromatic carbocycles. The Kier molecular flexibility index (Phi) is 7.09. The second-order valence-electron chi connectivity index (χ2n) is 8.44. The van der Waals surface area contributed by atoms with Gasteiger partial charge in [0, 0.05) is 55.4 Å². The lowest BCUT2D eigenvalue weighted by Gasteiger charge is -2.39. The van der Waals surface area contributed by atoms with Crippen LogP contribution in [0.4, 0.5) is 10.5 Å². The summed E-state index contributed by atoms with van der Waals surface area (Å²) >= 11 is 1.62. The normalized spacial score (nSPS) is 19.0. The number of piperidine rings is 1. The number of rotatable bonds is 5. The van der Waals surface area contributed by atoms with E-state index in [1.807, 2.05) is 46.7 Å². The van der Waals surface area contributed by atoms with Crippen LogP contribution in [-0.2, 0) is 11.3 Å². The summed E-state index contributed by atoms with van der Waals surface area (Å²) in [7, 11) is 0. The van der Waals surface area contributed by atoms with E-state index in [1.165, 1.54) is 0 Å². The van der Waals surface area contributed by atoms with Gasteiger partial charge in [-0.2, -0.15) is 0 Å². The van der Waals surface area contributed by atoms with Gasteiger partial charge in [-0.25, -0.2) is 4.79 Å². The third-order valence-electron chi connectivity index (χ3n) is 6.28. The quantitative estimate of drug-likeness (QED) is 0.704. The Balaban J connectivity index is 1.27. The van der Waals surface area contributed by atoms with Crippen molar-refractivity contribution in [2.75, 3.05) is 44.2 Å². The van der Waals surface area contributed by atoms with E-state index < -0.39 is 0 Å². The summed E-state index contributed by atoms with van der Waals surface area (Å²) in [5, 5.41) is 4.97. The fourth-order valence-electron chi connectivity index (χ4n) is 4.40. The zero-order valence-corrected chi connectivity index (χ0v) is 19.3. The van der Waals surface area contributed by atoms with Gasteiger partial charge >= 0.3 is 6.03 Å². The molecule has 2 fully saturated rings. The van der Waals surface area contributed by atoms with Crippen molar-refractivity contribution in [3.05, 3.63) is 52.2 Å². The van der Waals surface area contributed by atoms with Crippen molar-refractivity contribution in [2.24, 2.45) is 5.92 Å². The van der Waals surface area contributed by atoms with E-state index in [0.29, 0.717) is 38.3 Å². The van der Waals surface area contributed by atoms with E-state index in [-0.39, 0.29) is 23.6 Å². The standard InChI is InChI=1S/C24H30N4O3S/c1-18(29)19-6-8-21(9-7-19)26-11-13-27(14-12-26)23(30)20-4-2-10-28(17-20)24(31)25-16-22-5-3-15-32-22/h3,5-9,15,20H,2,4,10-14,16-17H2,1H3,(H,25,31). The molecular weight excluding hydrogens is 424 g/mol. The fraction of sp³-hybridized carbons (Fsp3) is 0.458. The van der Waals surface area contributed by atoms with E-state index in [2.05, 4.69) is 10.2 Å². The predicted molar refractivity (Wildman–Crippen MR) is 126 cm³/mol. The van der Waals surface area contributed by atoms with Crippen molar-refractivity contribution in [3.63, 3.8) is 0 Å². The van der Waals surface area contributed by atoms with Gasteiger partial charge in [-0.1, -0.05) is 6.07 Å². The number of nitrogens with one attached hydrogen (secondary N) is 1. The predicted octanol–water partition coefficient (Wildman–Crippen LogP) is 3.22. The number of nitrogens with zero attached hydrogens (tertiary/aromatic N) is 3. The largest absolute Gasteiger partial charge is 0.368 e. The van der Waals surface area contributed by atoms with Crippen LogP contribution in [0.2, 0.25) is 0 Å². The van der Waals surface area contributed by atoms with Crippen LogP contribution in [0.1, 0.15) is 35.0 Å². The molecule has 2 aliphatic heterocycles. The number of thiophene rings is 1. The maximum atomic E-state index is 13.1. The number of ketones is 1. The van der Waals surface area contributed by atoms with Gasteiger partial charge in [0.1, 0.15) is 0 Å². The number of hydrogen-bond donors (Lipinski definition) is 1. The molecule has 32 heavy (non-hydrogen) atoms. The van der Waals surface area contributed by atoms with Gasteiger partial charge in [-0.15, -0.1) is 11.3 Å². The van der Waals surface area contributed by atoms with Gasteiger partial charge < -0.3 is 20.0 Å². The molecule has 0 saturated carbocycles. The molecule has 0 spiro atoms. The number of urea groups is 1. The summed E-state index contributed by atoms with van der Waals surface area (Å²) < 4.78 is 0. The molecule has 2 aliphatic rings. The van der Waals surface area contributed by atoms with Crippen LogP contribution in [0.25, 0.3) is 0 Å². The van der Waals surface area contributed by atoms with Crippen LogP contribution in [0.15, 0.2) is 41.8 Å². The molecular formula is C24H30N4O3S. The third-order valence-corrected chi connectivity index (χ3v) is 7.16. The highest BCUT2D eigenvalue weighted by Gasteiger charge is 2.32. The van der Waals surface area contributed by atoms with Crippen LogP contribution in [0.3, 0.4) is 0 Å². The molecule has 2 aromatic rings. The fourth-order valence-corrected chi connectivity index (χ4v) is 5.05. The number of piperazine rings is 1. The van der Waals surface area contributed by atoms with Crippen molar-refractivity contribution in [3.8, 4) is 0 Å². The second kappa shape index (κ2) is 10.2. The number of likely N-dealkylation sites (tertiary alicyclic amines) is 1. The van der Waals surface area contributed by atoms with E-state index in [9.17, 15) is 14.4 Å². The summed E-state index contributed by atoms with van der Waals surface area (Å²) in [4.78, 5) is 44.3. The van der Waals surface area contributed by atoms with Crippen LogP contribution in [0.5, 0.6) is 0 Å². The molecule has 7 nitrogen and oxygen atoms in total. The summed E-state index contributed by atoms with van der Waals surface area (Å²) in [6.45, 7) is 6.17. The van der Waals surface area contributed by atoms with Crippen LogP contribution in [-0.4, -0.2) is 66.8 Å². The molecule has 170 valence electrons. The molecule has 0 radical (unpaired) electrons. The average Bonchev–Trinajstić information content (AvgIpc) is 3.36. The maximum absolute atomic E-state index is 13.1. The molecule has 1 aromatic heterocycles. The topological polar surface area (TPSA) is 73.0 Å². The number of hydrogen-bond acceptors (Lipinski definition) is 5. The summed E-state index contributed by atoms with van der Waals surface area (Å²) in [6.07, 6.45) is 1.69. The Bertz CT molecular complexity index is 937. The first-order valence-corrected chi connectivity index (χ1v) is 12.1. The molecule has 0 bridgehead atoms. The van der Waals surface area contributed by atoms with Crippen LogP contribution in [0, 0.1) is 5.92 Å². The smallest absolute Gasteiger partial charge is 0.317 e. The molecule has 8 heteroatoms. The number of carbonyl (C=O) groups is 3. The second-order valence-corrected chi connectivity index (χ2v) is 9.47. The Morgan fingerprint density at radius 2 is 1.75 bits per heavy atom. The summed E-state index contributed by atoms with van der Waals surface area (Å²) in [5.41, 5.74) is 1.79. The molecule has 2 saturated heterocycles. The van der Waals surface area contributed by atoms with Crippen molar-refractivity contribution in [2.45, 2.75) is 26.3 Å². The van der Waals surface area contributed by atoms with Gasteiger partial charge in [-0.05, 0) is 55.5 Å². The molecule has 4 rings (SSSR count). The van der Waals surface area contributed by atoms with Gasteiger partial charge in [0.05, 0.1) is 12.5 Å². The van der Waals surface area contributed by atoms with Gasteiger partial charge in [0.25, 0.3) is 0 Å². The molecule has 3 amide bonds. The highest BCUT2D eigenvalue weighted by atomic mass is 32.1. The van der Waals surface area contributed by atoms with Crippen molar-refractivity contribution in [1.82, 2.24) is 15.1 Å². The zero-order chi connectivity index (χ0) is 22.5. The Morgan fingerprint density at radius 1 is 1.00 bits per heavy atom. The minimum atomic E-state index is -0.127. The maximum Gasteiger partial charge on any atom is 0.317 e. The molecule has 1 atom stereocenters. The Labute approximate surface area is 193 Å². The molecule has 1 N–H and O–H groups in total. The summed E-state index contributed by atoms with van der Waals surface area (Å²) in [5.74, 6) is 0.0960. The highest BCUT2D eigenvalue weighted by molar-refractivity contribution is 7.09. The van der Waals surface area contributed by atoms with E-state index in [1.54, 1.807) is 23.2 Å².